The predicted octanol–water partition coefficient (Wildman–Crippen LogP) is 1.64. The van der Waals surface area contributed by atoms with E-state index in [0.717, 1.165) is 18.5 Å². The van der Waals surface area contributed by atoms with Crippen molar-refractivity contribution in [2.24, 2.45) is 5.92 Å². The molecule has 102 valence electrons. The molecule has 0 amide bonds. The molecule has 1 fully saturated rings. The smallest absolute Gasteiger partial charge is 0.0212 e. The van der Waals surface area contributed by atoms with Gasteiger partial charge in [-0.3, -0.25) is 0 Å². The van der Waals surface area contributed by atoms with Crippen molar-refractivity contribution in [3.8, 4) is 0 Å². The van der Waals surface area contributed by atoms with Crippen LogP contribution in [0.5, 0.6) is 0 Å². The van der Waals surface area contributed by atoms with Crippen molar-refractivity contribution in [1.82, 2.24) is 15.1 Å². The van der Waals surface area contributed by atoms with Crippen molar-refractivity contribution >= 4 is 0 Å². The Hall–Kier alpha value is -0.120. The molecule has 3 nitrogen and oxygen atoms in total. The standard InChI is InChI=1S/C14H31N3/c1-11(2)7-13(9-16(4)5)15-14-8-12(3)17(6)10-14/h11-15H,7-10H2,1-6H3. The van der Waals surface area contributed by atoms with Crippen LogP contribution in [0.15, 0.2) is 0 Å². The monoisotopic (exact) mass is 241 g/mol. The summed E-state index contributed by atoms with van der Waals surface area (Å²) in [5.41, 5.74) is 0. The second-order valence-corrected chi connectivity index (χ2v) is 6.48. The fraction of sp³-hybridized carbons (Fsp3) is 1.00. The topological polar surface area (TPSA) is 18.5 Å². The van der Waals surface area contributed by atoms with Gasteiger partial charge >= 0.3 is 0 Å². The predicted molar refractivity (Wildman–Crippen MR) is 75.4 cm³/mol. The van der Waals surface area contributed by atoms with Crippen LogP contribution < -0.4 is 5.32 Å². The lowest BCUT2D eigenvalue weighted by Crippen LogP contribution is -2.45. The molecule has 1 rings (SSSR count). The average Bonchev–Trinajstić information content (AvgIpc) is 2.42. The summed E-state index contributed by atoms with van der Waals surface area (Å²) in [6, 6.07) is 2.04. The number of likely N-dealkylation sites (tertiary alicyclic amines) is 1. The maximum atomic E-state index is 3.86. The Morgan fingerprint density at radius 2 is 2.00 bits per heavy atom. The lowest BCUT2D eigenvalue weighted by atomic mass is 10.0. The third-order valence-electron chi connectivity index (χ3n) is 3.70. The molecule has 1 N–H and O–H groups in total. The van der Waals surface area contributed by atoms with Crippen LogP contribution in [-0.4, -0.2) is 62.2 Å². The van der Waals surface area contributed by atoms with E-state index in [1.807, 2.05) is 0 Å². The van der Waals surface area contributed by atoms with Crippen LogP contribution in [0.2, 0.25) is 0 Å². The summed E-state index contributed by atoms with van der Waals surface area (Å²) in [7, 11) is 6.56. The quantitative estimate of drug-likeness (QED) is 0.763. The number of nitrogens with one attached hydrogen (secondary N) is 1. The normalized spacial score (nSPS) is 28.2. The summed E-state index contributed by atoms with van der Waals surface area (Å²) in [5.74, 6) is 0.768. The molecule has 0 aromatic heterocycles. The minimum absolute atomic E-state index is 0.633. The molecule has 0 aromatic rings. The molecule has 1 aliphatic rings. The Morgan fingerprint density at radius 1 is 1.35 bits per heavy atom. The molecular formula is C14H31N3. The lowest BCUT2D eigenvalue weighted by molar-refractivity contribution is 0.281. The van der Waals surface area contributed by atoms with Crippen LogP contribution >= 0.6 is 0 Å². The highest BCUT2D eigenvalue weighted by atomic mass is 15.2. The van der Waals surface area contributed by atoms with Gasteiger partial charge in [-0.15, -0.1) is 0 Å². The SMILES string of the molecule is CC(C)CC(CN(C)C)NC1CC(C)N(C)C1. The number of nitrogens with zero attached hydrogens (tertiary/aromatic N) is 2. The van der Waals surface area contributed by atoms with Crippen molar-refractivity contribution in [1.29, 1.82) is 0 Å². The summed E-state index contributed by atoms with van der Waals surface area (Å²) >= 11 is 0. The molecule has 3 atom stereocenters. The molecule has 3 unspecified atom stereocenters. The molecule has 0 aromatic carbocycles. The van der Waals surface area contributed by atoms with Crippen molar-refractivity contribution < 1.29 is 0 Å². The zero-order chi connectivity index (χ0) is 13.0. The van der Waals surface area contributed by atoms with Crippen LogP contribution in [0.3, 0.4) is 0 Å². The van der Waals surface area contributed by atoms with Gasteiger partial charge in [-0.2, -0.15) is 0 Å². The summed E-state index contributed by atoms with van der Waals surface area (Å²) in [6.07, 6.45) is 2.56. The number of likely N-dealkylation sites (N-methyl/N-ethyl adjacent to an activating group) is 2. The minimum atomic E-state index is 0.633. The van der Waals surface area contributed by atoms with Crippen molar-refractivity contribution in [3.63, 3.8) is 0 Å². The molecule has 0 spiro atoms. The summed E-state index contributed by atoms with van der Waals surface area (Å²) < 4.78 is 0. The Morgan fingerprint density at radius 3 is 2.41 bits per heavy atom. The Bertz CT molecular complexity index is 196. The third-order valence-corrected chi connectivity index (χ3v) is 3.70. The Balaban J connectivity index is 2.42. The molecule has 0 bridgehead atoms. The van der Waals surface area contributed by atoms with Gasteiger partial charge in [0.25, 0.3) is 0 Å². The van der Waals surface area contributed by atoms with Gasteiger partial charge in [0.2, 0.25) is 0 Å². The molecule has 0 saturated carbocycles. The van der Waals surface area contributed by atoms with Crippen LogP contribution in [0.25, 0.3) is 0 Å². The van der Waals surface area contributed by atoms with Gasteiger partial charge in [-0.25, -0.2) is 0 Å². The molecule has 0 aliphatic carbocycles. The largest absolute Gasteiger partial charge is 0.309 e. The van der Waals surface area contributed by atoms with Gasteiger partial charge in [0, 0.05) is 31.2 Å². The molecule has 1 saturated heterocycles. The molecule has 17 heavy (non-hydrogen) atoms. The molecule has 0 radical (unpaired) electrons. The second-order valence-electron chi connectivity index (χ2n) is 6.48. The van der Waals surface area contributed by atoms with Gasteiger partial charge in [-0.1, -0.05) is 13.8 Å². The average molecular weight is 241 g/mol. The maximum absolute atomic E-state index is 3.86. The van der Waals surface area contributed by atoms with Crippen molar-refractivity contribution in [2.45, 2.75) is 51.7 Å². The fourth-order valence-electron chi connectivity index (χ4n) is 2.85. The van der Waals surface area contributed by atoms with Crippen LogP contribution in [0, 0.1) is 5.92 Å². The number of hydrogen-bond acceptors (Lipinski definition) is 3. The molecular weight excluding hydrogens is 210 g/mol. The first-order valence-corrected chi connectivity index (χ1v) is 6.99. The van der Waals surface area contributed by atoms with Gasteiger partial charge in [0.1, 0.15) is 0 Å². The lowest BCUT2D eigenvalue weighted by Gasteiger charge is -2.27. The zero-order valence-electron chi connectivity index (χ0n) is 12.5. The zero-order valence-corrected chi connectivity index (χ0v) is 12.5. The van der Waals surface area contributed by atoms with Crippen molar-refractivity contribution in [2.75, 3.05) is 34.2 Å². The minimum Gasteiger partial charge on any atom is -0.309 e. The van der Waals surface area contributed by atoms with E-state index in [-0.39, 0.29) is 0 Å². The highest BCUT2D eigenvalue weighted by Gasteiger charge is 2.27. The van der Waals surface area contributed by atoms with E-state index in [2.05, 4.69) is 57.0 Å². The van der Waals surface area contributed by atoms with E-state index < -0.39 is 0 Å². The van der Waals surface area contributed by atoms with Crippen LogP contribution in [0.4, 0.5) is 0 Å². The molecule has 1 heterocycles. The Labute approximate surface area is 108 Å². The van der Waals surface area contributed by atoms with Crippen molar-refractivity contribution in [3.05, 3.63) is 0 Å². The second kappa shape index (κ2) is 6.72. The van der Waals surface area contributed by atoms with Gasteiger partial charge in [-0.05, 0) is 46.8 Å². The first-order valence-electron chi connectivity index (χ1n) is 6.99. The van der Waals surface area contributed by atoms with E-state index in [9.17, 15) is 0 Å². The maximum Gasteiger partial charge on any atom is 0.0212 e. The summed E-state index contributed by atoms with van der Waals surface area (Å²) in [5, 5.41) is 3.86. The van der Waals surface area contributed by atoms with Crippen LogP contribution in [-0.2, 0) is 0 Å². The Kier molecular flexibility index (Phi) is 5.90. The van der Waals surface area contributed by atoms with E-state index in [1.54, 1.807) is 0 Å². The molecule has 3 heteroatoms. The number of hydrogen-bond donors (Lipinski definition) is 1. The first kappa shape index (κ1) is 14.9. The van der Waals surface area contributed by atoms with E-state index in [4.69, 9.17) is 0 Å². The first-order chi connectivity index (χ1) is 7.88. The fourth-order valence-corrected chi connectivity index (χ4v) is 2.85. The van der Waals surface area contributed by atoms with E-state index in [1.165, 1.54) is 19.4 Å². The van der Waals surface area contributed by atoms with E-state index >= 15 is 0 Å². The number of rotatable bonds is 6. The third kappa shape index (κ3) is 5.36. The van der Waals surface area contributed by atoms with Gasteiger partial charge < -0.3 is 15.1 Å². The highest BCUT2D eigenvalue weighted by molar-refractivity contribution is 4.88. The summed E-state index contributed by atoms with van der Waals surface area (Å²) in [6.45, 7) is 9.29. The highest BCUT2D eigenvalue weighted by Crippen LogP contribution is 2.16. The van der Waals surface area contributed by atoms with Crippen LogP contribution in [0.1, 0.15) is 33.6 Å². The summed E-state index contributed by atoms with van der Waals surface area (Å²) in [4.78, 5) is 4.75. The van der Waals surface area contributed by atoms with Gasteiger partial charge in [0.05, 0.1) is 0 Å². The van der Waals surface area contributed by atoms with E-state index in [0.29, 0.717) is 12.1 Å². The molecule has 1 aliphatic heterocycles. The van der Waals surface area contributed by atoms with Gasteiger partial charge in [0.15, 0.2) is 0 Å².